The average molecular weight is 267 g/mol. The topological polar surface area (TPSA) is 47.0 Å². The number of hydrogen-bond donors (Lipinski definition) is 2. The van der Waals surface area contributed by atoms with Crippen LogP contribution >= 0.6 is 25.3 Å². The molecule has 0 aromatic carbocycles. The van der Waals surface area contributed by atoms with Crippen LogP contribution in [0, 0.1) is 0 Å². The summed E-state index contributed by atoms with van der Waals surface area (Å²) in [6, 6.07) is 0.764. The Morgan fingerprint density at radius 3 is 2.12 bits per heavy atom. The lowest BCUT2D eigenvalue weighted by Crippen LogP contribution is -2.14. The summed E-state index contributed by atoms with van der Waals surface area (Å²) in [7, 11) is 0. The number of aromatic nitrogens is 1. The first kappa shape index (κ1) is 13.0. The third-order valence-electron chi connectivity index (χ3n) is 1.63. The van der Waals surface area contributed by atoms with Crippen molar-refractivity contribution in [2.24, 2.45) is 0 Å². The molecule has 0 unspecified atom stereocenters. The second-order valence-electron chi connectivity index (χ2n) is 2.73. The molecule has 1 heterocycles. The Balaban J connectivity index is 3.43. The molecule has 0 amide bonds. The fourth-order valence-corrected chi connectivity index (χ4v) is 1.26. The fraction of sp³-hybridized carbons (Fsp3) is 0.125. The Bertz CT molecular complexity index is 459. The van der Waals surface area contributed by atoms with Crippen LogP contribution in [0.4, 0.5) is 13.2 Å². The first-order valence-corrected chi connectivity index (χ1v) is 4.66. The van der Waals surface area contributed by atoms with Gasteiger partial charge in [0.2, 0.25) is 10.2 Å². The van der Waals surface area contributed by atoms with Crippen LogP contribution in [0.5, 0.6) is 0 Å². The first-order chi connectivity index (χ1) is 7.23. The molecular weight excluding hydrogens is 263 g/mol. The molecule has 0 radical (unpaired) electrons. The molecule has 0 N–H and O–H groups in total. The van der Waals surface area contributed by atoms with Crippen molar-refractivity contribution in [3.63, 3.8) is 0 Å². The lowest BCUT2D eigenvalue weighted by atomic mass is 10.1. The zero-order chi connectivity index (χ0) is 12.5. The van der Waals surface area contributed by atoms with Crippen LogP contribution < -0.4 is 0 Å². The summed E-state index contributed by atoms with van der Waals surface area (Å²) < 4.78 is 37.2. The third-order valence-corrected chi connectivity index (χ3v) is 2.13. The van der Waals surface area contributed by atoms with E-state index in [9.17, 15) is 22.8 Å². The lowest BCUT2D eigenvalue weighted by Gasteiger charge is -2.09. The van der Waals surface area contributed by atoms with Crippen LogP contribution in [-0.4, -0.2) is 15.2 Å². The molecule has 3 nitrogen and oxygen atoms in total. The summed E-state index contributed by atoms with van der Waals surface area (Å²) in [5.41, 5.74) is -2.34. The molecule has 0 atom stereocenters. The van der Waals surface area contributed by atoms with E-state index < -0.39 is 27.7 Å². The van der Waals surface area contributed by atoms with Gasteiger partial charge in [-0.3, -0.25) is 14.6 Å². The van der Waals surface area contributed by atoms with Crippen molar-refractivity contribution in [2.45, 2.75) is 6.18 Å². The van der Waals surface area contributed by atoms with Crippen LogP contribution in [0.15, 0.2) is 12.3 Å². The number of carbonyl (C=O) groups excluding carboxylic acids is 2. The van der Waals surface area contributed by atoms with Gasteiger partial charge in [0, 0.05) is 11.8 Å². The third kappa shape index (κ3) is 2.76. The van der Waals surface area contributed by atoms with Gasteiger partial charge in [0.15, 0.2) is 5.69 Å². The van der Waals surface area contributed by atoms with E-state index >= 15 is 0 Å². The Labute approximate surface area is 98.9 Å². The van der Waals surface area contributed by atoms with E-state index in [4.69, 9.17) is 0 Å². The quantitative estimate of drug-likeness (QED) is 0.808. The maximum absolute atomic E-state index is 12.4. The van der Waals surface area contributed by atoms with Gasteiger partial charge in [-0.1, -0.05) is 0 Å². The molecular formula is C8H4F3NO2S2. The second-order valence-corrected chi connectivity index (χ2v) is 3.54. The molecule has 0 aliphatic carbocycles. The normalized spacial score (nSPS) is 11.3. The highest BCUT2D eigenvalue weighted by Gasteiger charge is 2.36. The number of hydrogen-bond acceptors (Lipinski definition) is 3. The van der Waals surface area contributed by atoms with Gasteiger partial charge in [-0.05, 0) is 6.07 Å². The second kappa shape index (κ2) is 4.46. The van der Waals surface area contributed by atoms with E-state index in [-0.39, 0.29) is 5.56 Å². The molecule has 0 saturated heterocycles. The number of rotatable bonds is 2. The fourth-order valence-electron chi connectivity index (χ4n) is 0.971. The monoisotopic (exact) mass is 267 g/mol. The minimum atomic E-state index is -4.77. The molecule has 1 aromatic heterocycles. The molecule has 16 heavy (non-hydrogen) atoms. The molecule has 0 bridgehead atoms. The van der Waals surface area contributed by atoms with Crippen molar-refractivity contribution in [3.8, 4) is 0 Å². The average Bonchev–Trinajstić information content (AvgIpc) is 2.15. The molecule has 8 heteroatoms. The predicted molar refractivity (Wildman–Crippen MR) is 55.9 cm³/mol. The molecule has 0 aliphatic heterocycles. The number of halogens is 3. The summed E-state index contributed by atoms with van der Waals surface area (Å²) in [5.74, 6) is 0. The zero-order valence-corrected chi connectivity index (χ0v) is 9.24. The summed E-state index contributed by atoms with van der Waals surface area (Å²) >= 11 is 6.70. The molecule has 86 valence electrons. The SMILES string of the molecule is O=C(S)c1cnc(C(F)(F)F)c(C(=O)S)c1. The minimum absolute atomic E-state index is 0.200. The van der Waals surface area contributed by atoms with Gasteiger partial charge < -0.3 is 0 Å². The van der Waals surface area contributed by atoms with Gasteiger partial charge in [-0.15, -0.1) is 25.3 Å². The molecule has 1 aromatic rings. The highest BCUT2D eigenvalue weighted by Crippen LogP contribution is 2.31. The van der Waals surface area contributed by atoms with Gasteiger partial charge >= 0.3 is 6.18 Å². The van der Waals surface area contributed by atoms with E-state index in [1.807, 2.05) is 0 Å². The smallest absolute Gasteiger partial charge is 0.282 e. The van der Waals surface area contributed by atoms with Crippen molar-refractivity contribution in [1.82, 2.24) is 4.98 Å². The van der Waals surface area contributed by atoms with Gasteiger partial charge in [0.25, 0.3) is 0 Å². The van der Waals surface area contributed by atoms with E-state index in [0.717, 1.165) is 6.07 Å². The van der Waals surface area contributed by atoms with Crippen LogP contribution in [0.3, 0.4) is 0 Å². The summed E-state index contributed by atoms with van der Waals surface area (Å²) in [5, 5.41) is -1.90. The summed E-state index contributed by atoms with van der Waals surface area (Å²) in [4.78, 5) is 24.7. The van der Waals surface area contributed by atoms with Crippen molar-refractivity contribution in [3.05, 3.63) is 29.1 Å². The zero-order valence-electron chi connectivity index (χ0n) is 7.45. The number of thiol groups is 2. The van der Waals surface area contributed by atoms with Crippen molar-refractivity contribution in [1.29, 1.82) is 0 Å². The molecule has 0 saturated carbocycles. The Hall–Kier alpha value is -1.02. The van der Waals surface area contributed by atoms with Gasteiger partial charge in [0.05, 0.1) is 5.56 Å². The number of pyridine rings is 1. The minimum Gasteiger partial charge on any atom is -0.282 e. The van der Waals surface area contributed by atoms with E-state index in [1.54, 1.807) is 0 Å². The highest BCUT2D eigenvalue weighted by molar-refractivity contribution is 7.97. The van der Waals surface area contributed by atoms with E-state index in [1.165, 1.54) is 0 Å². The van der Waals surface area contributed by atoms with Crippen LogP contribution in [0.2, 0.25) is 0 Å². The van der Waals surface area contributed by atoms with Crippen LogP contribution in [-0.2, 0) is 6.18 Å². The Morgan fingerprint density at radius 1 is 1.19 bits per heavy atom. The van der Waals surface area contributed by atoms with E-state index in [0.29, 0.717) is 6.20 Å². The Morgan fingerprint density at radius 2 is 1.75 bits per heavy atom. The van der Waals surface area contributed by atoms with Crippen molar-refractivity contribution >= 4 is 35.5 Å². The molecule has 1 rings (SSSR count). The van der Waals surface area contributed by atoms with Gasteiger partial charge in [-0.2, -0.15) is 13.2 Å². The lowest BCUT2D eigenvalue weighted by molar-refractivity contribution is -0.141. The van der Waals surface area contributed by atoms with Crippen molar-refractivity contribution in [2.75, 3.05) is 0 Å². The molecule has 0 fully saturated rings. The van der Waals surface area contributed by atoms with Crippen LogP contribution in [0.1, 0.15) is 26.4 Å². The maximum Gasteiger partial charge on any atom is 0.434 e. The maximum atomic E-state index is 12.4. The van der Waals surface area contributed by atoms with Gasteiger partial charge in [-0.25, -0.2) is 0 Å². The standard InChI is InChI=1S/C8H4F3NO2S2/c9-8(10,11)5-4(7(14)16)1-3(2-12-5)6(13)15/h1-2H,(H,13,15)(H,14,16). The Kier molecular flexibility index (Phi) is 3.64. The molecule has 0 aliphatic rings. The van der Waals surface area contributed by atoms with E-state index in [2.05, 4.69) is 30.2 Å². The van der Waals surface area contributed by atoms with Crippen LogP contribution in [0.25, 0.3) is 0 Å². The summed E-state index contributed by atoms with van der Waals surface area (Å²) in [6.07, 6.45) is -4.07. The number of alkyl halides is 3. The number of nitrogens with zero attached hydrogens (tertiary/aromatic N) is 1. The predicted octanol–water partition coefficient (Wildman–Crippen LogP) is 2.24. The first-order valence-electron chi connectivity index (χ1n) is 3.77. The largest absolute Gasteiger partial charge is 0.434 e. The van der Waals surface area contributed by atoms with Gasteiger partial charge in [0.1, 0.15) is 0 Å². The summed E-state index contributed by atoms with van der Waals surface area (Å²) in [6.45, 7) is 0. The molecule has 0 spiro atoms. The number of carbonyl (C=O) groups is 2. The van der Waals surface area contributed by atoms with Crippen molar-refractivity contribution < 1.29 is 22.8 Å². The highest BCUT2D eigenvalue weighted by atomic mass is 32.1.